The number of nitrogens with one attached hydrogen (secondary N) is 1. The van der Waals surface area contributed by atoms with Crippen LogP contribution >= 0.6 is 0 Å². The Morgan fingerprint density at radius 2 is 1.84 bits per heavy atom. The molecule has 1 aliphatic rings. The first-order valence-electron chi connectivity index (χ1n) is 8.63. The van der Waals surface area contributed by atoms with Crippen molar-refractivity contribution in [2.45, 2.75) is 49.3 Å². The summed E-state index contributed by atoms with van der Waals surface area (Å²) in [5.41, 5.74) is 0. The number of hydrogen-bond acceptors (Lipinski definition) is 4. The molecule has 25 heavy (non-hydrogen) atoms. The zero-order valence-corrected chi connectivity index (χ0v) is 15.1. The number of furan rings is 1. The van der Waals surface area contributed by atoms with Gasteiger partial charge in [0.2, 0.25) is 0 Å². The first-order valence-corrected chi connectivity index (χ1v) is 10.3. The molecule has 5 nitrogen and oxygen atoms in total. The lowest BCUT2D eigenvalue weighted by Crippen LogP contribution is -2.40. The third-order valence-corrected chi connectivity index (χ3v) is 6.40. The quantitative estimate of drug-likeness (QED) is 0.883. The number of amides is 1. The molecule has 1 fully saturated rings. The Hall–Kier alpha value is -2.08. The van der Waals surface area contributed by atoms with Gasteiger partial charge in [0.1, 0.15) is 11.5 Å². The number of carbonyl (C=O) groups is 1. The fourth-order valence-electron chi connectivity index (χ4n) is 3.25. The van der Waals surface area contributed by atoms with Crippen molar-refractivity contribution >= 4 is 15.7 Å². The van der Waals surface area contributed by atoms with Gasteiger partial charge in [0.25, 0.3) is 5.91 Å². The van der Waals surface area contributed by atoms with Crippen LogP contribution in [0.15, 0.2) is 51.8 Å². The van der Waals surface area contributed by atoms with Crippen molar-refractivity contribution in [3.05, 3.63) is 54.0 Å². The van der Waals surface area contributed by atoms with E-state index in [1.807, 2.05) is 0 Å². The number of carbonyl (C=O) groups excluding carboxylic acids is 1. The minimum atomic E-state index is -3.49. The number of benzene rings is 1. The zero-order valence-electron chi connectivity index (χ0n) is 14.3. The highest BCUT2D eigenvalue weighted by molar-refractivity contribution is 7.90. The molecule has 0 bridgehead atoms. The number of rotatable bonds is 5. The molecular formula is C19H23NO4S. The van der Waals surface area contributed by atoms with Crippen LogP contribution in [0, 0.1) is 5.92 Å². The van der Waals surface area contributed by atoms with E-state index < -0.39 is 9.84 Å². The maximum Gasteiger partial charge on any atom is 0.287 e. The van der Waals surface area contributed by atoms with Gasteiger partial charge in [-0.25, -0.2) is 8.42 Å². The maximum atomic E-state index is 12.4. The van der Waals surface area contributed by atoms with E-state index in [4.69, 9.17) is 4.42 Å². The Morgan fingerprint density at radius 1 is 1.12 bits per heavy atom. The van der Waals surface area contributed by atoms with Gasteiger partial charge in [-0.15, -0.1) is 0 Å². The van der Waals surface area contributed by atoms with Gasteiger partial charge in [-0.2, -0.15) is 0 Å². The Morgan fingerprint density at radius 3 is 2.56 bits per heavy atom. The van der Waals surface area contributed by atoms with Gasteiger partial charge in [-0.3, -0.25) is 4.79 Å². The van der Waals surface area contributed by atoms with Crippen LogP contribution in [0.5, 0.6) is 0 Å². The zero-order chi connectivity index (χ0) is 17.9. The fourth-order valence-corrected chi connectivity index (χ4v) is 4.51. The average molecular weight is 361 g/mol. The molecule has 2 atom stereocenters. The van der Waals surface area contributed by atoms with Gasteiger partial charge in [-0.05, 0) is 43.0 Å². The summed E-state index contributed by atoms with van der Waals surface area (Å²) in [5, 5.41) is 3.01. The van der Waals surface area contributed by atoms with Crippen LogP contribution in [0.25, 0.3) is 0 Å². The predicted octanol–water partition coefficient (Wildman–Crippen LogP) is 3.56. The van der Waals surface area contributed by atoms with Crippen LogP contribution < -0.4 is 5.32 Å². The standard InChI is InChI=1S/C19H23NO4S/c1-14-7-5-6-10-17(14)20-19(21)18-12-11-15(24-18)13-25(22,23)16-8-3-2-4-9-16/h2-4,8-9,11-12,14,17H,5-7,10,13H2,1H3,(H,20,21)/t14-,17-/m1/s1. The third-order valence-electron chi connectivity index (χ3n) is 4.75. The first-order chi connectivity index (χ1) is 12.0. The second-order valence-corrected chi connectivity index (χ2v) is 8.67. The molecule has 134 valence electrons. The topological polar surface area (TPSA) is 76.4 Å². The lowest BCUT2D eigenvalue weighted by Gasteiger charge is -2.29. The van der Waals surface area contributed by atoms with E-state index in [-0.39, 0.29) is 34.1 Å². The minimum absolute atomic E-state index is 0.155. The summed E-state index contributed by atoms with van der Waals surface area (Å²) in [7, 11) is -3.49. The second-order valence-electron chi connectivity index (χ2n) is 6.68. The molecule has 3 rings (SSSR count). The summed E-state index contributed by atoms with van der Waals surface area (Å²) < 4.78 is 30.2. The summed E-state index contributed by atoms with van der Waals surface area (Å²) in [4.78, 5) is 12.6. The first kappa shape index (κ1) is 17.7. The Bertz CT molecular complexity index is 826. The third kappa shape index (κ3) is 4.31. The number of hydrogen-bond donors (Lipinski definition) is 1. The molecule has 1 N–H and O–H groups in total. The van der Waals surface area contributed by atoms with Crippen molar-refractivity contribution in [2.75, 3.05) is 0 Å². The molecule has 0 unspecified atom stereocenters. The van der Waals surface area contributed by atoms with Gasteiger partial charge >= 0.3 is 0 Å². The van der Waals surface area contributed by atoms with Crippen molar-refractivity contribution in [3.8, 4) is 0 Å². The van der Waals surface area contributed by atoms with Gasteiger partial charge in [-0.1, -0.05) is 38.0 Å². The highest BCUT2D eigenvalue weighted by Gasteiger charge is 2.25. The molecule has 0 spiro atoms. The van der Waals surface area contributed by atoms with Crippen molar-refractivity contribution < 1.29 is 17.6 Å². The van der Waals surface area contributed by atoms with Crippen LogP contribution in [0.2, 0.25) is 0 Å². The van der Waals surface area contributed by atoms with Gasteiger partial charge < -0.3 is 9.73 Å². The van der Waals surface area contributed by atoms with E-state index in [1.54, 1.807) is 42.5 Å². The molecular weight excluding hydrogens is 338 g/mol. The minimum Gasteiger partial charge on any atom is -0.455 e. The van der Waals surface area contributed by atoms with E-state index in [0.29, 0.717) is 5.92 Å². The molecule has 1 saturated carbocycles. The highest BCUT2D eigenvalue weighted by atomic mass is 32.2. The van der Waals surface area contributed by atoms with E-state index in [0.717, 1.165) is 19.3 Å². The molecule has 1 heterocycles. The van der Waals surface area contributed by atoms with Gasteiger partial charge in [0.15, 0.2) is 15.6 Å². The second kappa shape index (κ2) is 7.44. The molecule has 1 aliphatic carbocycles. The Balaban J connectivity index is 1.67. The van der Waals surface area contributed by atoms with Crippen LogP contribution in [0.1, 0.15) is 48.9 Å². The molecule has 2 aromatic rings. The largest absolute Gasteiger partial charge is 0.455 e. The van der Waals surface area contributed by atoms with Crippen LogP contribution in [-0.4, -0.2) is 20.4 Å². The van der Waals surface area contributed by atoms with E-state index >= 15 is 0 Å². The number of sulfone groups is 1. The van der Waals surface area contributed by atoms with Crippen molar-refractivity contribution in [3.63, 3.8) is 0 Å². The average Bonchev–Trinajstić information content (AvgIpc) is 3.06. The summed E-state index contributed by atoms with van der Waals surface area (Å²) in [6, 6.07) is 11.5. The van der Waals surface area contributed by atoms with Crippen molar-refractivity contribution in [1.82, 2.24) is 5.32 Å². The monoisotopic (exact) mass is 361 g/mol. The van der Waals surface area contributed by atoms with Crippen molar-refractivity contribution in [1.29, 1.82) is 0 Å². The summed E-state index contributed by atoms with van der Waals surface area (Å²) in [6.45, 7) is 2.14. The van der Waals surface area contributed by atoms with Crippen LogP contribution in [0.4, 0.5) is 0 Å². The normalized spacial score (nSPS) is 21.0. The molecule has 1 amide bonds. The summed E-state index contributed by atoms with van der Waals surface area (Å²) in [6.07, 6.45) is 4.41. The Labute approximate surface area is 148 Å². The Kier molecular flexibility index (Phi) is 5.27. The molecule has 0 radical (unpaired) electrons. The molecule has 0 saturated heterocycles. The highest BCUT2D eigenvalue weighted by Crippen LogP contribution is 2.24. The van der Waals surface area contributed by atoms with Crippen LogP contribution in [0.3, 0.4) is 0 Å². The van der Waals surface area contributed by atoms with E-state index in [2.05, 4.69) is 12.2 Å². The lowest BCUT2D eigenvalue weighted by atomic mass is 9.86. The molecule has 1 aromatic carbocycles. The predicted molar refractivity (Wildman–Crippen MR) is 94.9 cm³/mol. The van der Waals surface area contributed by atoms with Crippen molar-refractivity contribution in [2.24, 2.45) is 5.92 Å². The van der Waals surface area contributed by atoms with Gasteiger partial charge in [0, 0.05) is 6.04 Å². The van der Waals surface area contributed by atoms with E-state index in [1.165, 1.54) is 6.42 Å². The van der Waals surface area contributed by atoms with E-state index in [9.17, 15) is 13.2 Å². The maximum absolute atomic E-state index is 12.4. The van der Waals surface area contributed by atoms with Gasteiger partial charge in [0.05, 0.1) is 4.90 Å². The van der Waals surface area contributed by atoms with Crippen LogP contribution in [-0.2, 0) is 15.6 Å². The molecule has 6 heteroatoms. The smallest absolute Gasteiger partial charge is 0.287 e. The fraction of sp³-hybridized carbons (Fsp3) is 0.421. The summed E-state index contributed by atoms with van der Waals surface area (Å²) >= 11 is 0. The summed E-state index contributed by atoms with van der Waals surface area (Å²) in [5.74, 6) is 0.346. The lowest BCUT2D eigenvalue weighted by molar-refractivity contribution is 0.0880. The SMILES string of the molecule is C[C@@H]1CCCC[C@H]1NC(=O)c1ccc(CS(=O)(=O)c2ccccc2)o1. The molecule has 1 aromatic heterocycles. The molecule has 0 aliphatic heterocycles.